The lowest BCUT2D eigenvalue weighted by Gasteiger charge is -2.15. The van der Waals surface area contributed by atoms with Crippen LogP contribution in [-0.2, 0) is 14.3 Å². The van der Waals surface area contributed by atoms with Gasteiger partial charge in [0.1, 0.15) is 6.04 Å². The van der Waals surface area contributed by atoms with Crippen molar-refractivity contribution in [2.45, 2.75) is 31.4 Å². The van der Waals surface area contributed by atoms with Gasteiger partial charge in [-0.3, -0.25) is 4.79 Å². The van der Waals surface area contributed by atoms with Crippen molar-refractivity contribution in [3.05, 3.63) is 0 Å². The van der Waals surface area contributed by atoms with Crippen molar-refractivity contribution in [3.8, 4) is 0 Å². The van der Waals surface area contributed by atoms with E-state index in [-0.39, 0.29) is 6.10 Å². The van der Waals surface area contributed by atoms with E-state index in [2.05, 4.69) is 0 Å². The van der Waals surface area contributed by atoms with E-state index in [1.54, 1.807) is 0 Å². The maximum atomic E-state index is 10.4. The fraction of sp³-hybridized carbons (Fsp3) is 0.889. The molecule has 1 rings (SSSR count). The van der Waals surface area contributed by atoms with E-state index >= 15 is 0 Å². The first-order chi connectivity index (χ1) is 6.70. The number of carboxylic acid groups (broad SMARTS) is 1. The van der Waals surface area contributed by atoms with Crippen LogP contribution in [0.3, 0.4) is 0 Å². The summed E-state index contributed by atoms with van der Waals surface area (Å²) in [5.41, 5.74) is 5.39. The molecular weight excluding hydrogens is 186 g/mol. The molecule has 0 aliphatic carbocycles. The minimum Gasteiger partial charge on any atom is -0.480 e. The predicted molar refractivity (Wildman–Crippen MR) is 50.0 cm³/mol. The number of hydrogen-bond acceptors (Lipinski definition) is 4. The Hall–Kier alpha value is -0.650. The van der Waals surface area contributed by atoms with E-state index in [0.29, 0.717) is 32.7 Å². The smallest absolute Gasteiger partial charge is 0.320 e. The molecular formula is C9H17NO4. The molecule has 1 fully saturated rings. The number of ether oxygens (including phenoxy) is 2. The highest BCUT2D eigenvalue weighted by Gasteiger charge is 2.17. The largest absolute Gasteiger partial charge is 0.480 e. The molecule has 0 aromatic rings. The third-order valence-electron chi connectivity index (χ3n) is 2.28. The van der Waals surface area contributed by atoms with Gasteiger partial charge < -0.3 is 20.3 Å². The average molecular weight is 203 g/mol. The summed E-state index contributed by atoms with van der Waals surface area (Å²) in [6.07, 6.45) is 2.08. The predicted octanol–water partition coefficient (Wildman–Crippen LogP) is -0.0160. The van der Waals surface area contributed by atoms with Crippen LogP contribution in [-0.4, -0.2) is 43.0 Å². The zero-order chi connectivity index (χ0) is 10.4. The van der Waals surface area contributed by atoms with Crippen LogP contribution in [0.15, 0.2) is 0 Å². The Morgan fingerprint density at radius 3 is 3.00 bits per heavy atom. The summed E-state index contributed by atoms with van der Waals surface area (Å²) >= 11 is 0. The van der Waals surface area contributed by atoms with Gasteiger partial charge in [-0.2, -0.15) is 0 Å². The summed E-state index contributed by atoms with van der Waals surface area (Å²) in [7, 11) is 0. The number of hydrogen-bond donors (Lipinski definition) is 2. The molecule has 0 radical (unpaired) electrons. The Balaban J connectivity index is 2.18. The Morgan fingerprint density at radius 2 is 2.29 bits per heavy atom. The van der Waals surface area contributed by atoms with E-state index in [4.69, 9.17) is 20.3 Å². The van der Waals surface area contributed by atoms with Crippen molar-refractivity contribution in [1.29, 1.82) is 0 Å². The quantitative estimate of drug-likeness (QED) is 0.671. The van der Waals surface area contributed by atoms with Crippen molar-refractivity contribution < 1.29 is 19.4 Å². The molecule has 82 valence electrons. The molecule has 0 aromatic heterocycles. The highest BCUT2D eigenvalue weighted by molar-refractivity contribution is 5.72. The highest BCUT2D eigenvalue weighted by atomic mass is 16.5. The zero-order valence-electron chi connectivity index (χ0n) is 8.15. The van der Waals surface area contributed by atoms with Crippen LogP contribution in [0.5, 0.6) is 0 Å². The van der Waals surface area contributed by atoms with E-state index in [9.17, 15) is 4.79 Å². The maximum absolute atomic E-state index is 10.4. The summed E-state index contributed by atoms with van der Waals surface area (Å²) in [5, 5.41) is 8.58. The molecule has 1 heterocycles. The molecule has 1 aliphatic heterocycles. The summed E-state index contributed by atoms with van der Waals surface area (Å²) in [6.45, 7) is 1.90. The Labute approximate surface area is 83.2 Å². The molecule has 14 heavy (non-hydrogen) atoms. The molecule has 0 spiro atoms. The highest BCUT2D eigenvalue weighted by Crippen LogP contribution is 2.11. The molecule has 0 aromatic carbocycles. The number of rotatable bonds is 4. The van der Waals surface area contributed by atoms with Gasteiger partial charge in [0.2, 0.25) is 0 Å². The third kappa shape index (κ3) is 4.04. The minimum atomic E-state index is -0.949. The normalized spacial score (nSPS) is 25.4. The Bertz CT molecular complexity index is 178. The van der Waals surface area contributed by atoms with Gasteiger partial charge in [-0.25, -0.2) is 0 Å². The minimum absolute atomic E-state index is 0.0999. The lowest BCUT2D eigenvalue weighted by molar-refractivity contribution is -0.138. The number of carbonyl (C=O) groups is 1. The first kappa shape index (κ1) is 11.4. The molecule has 2 atom stereocenters. The van der Waals surface area contributed by atoms with Gasteiger partial charge in [0, 0.05) is 6.61 Å². The SMILES string of the molecule is NC(CCC1CCOCCO1)C(=O)O. The number of carboxylic acids is 1. The fourth-order valence-corrected chi connectivity index (χ4v) is 1.39. The van der Waals surface area contributed by atoms with Gasteiger partial charge in [0.15, 0.2) is 0 Å². The van der Waals surface area contributed by atoms with Gasteiger partial charge in [-0.1, -0.05) is 0 Å². The summed E-state index contributed by atoms with van der Waals surface area (Å²) in [6, 6.07) is -0.775. The van der Waals surface area contributed by atoms with Crippen LogP contribution in [0.4, 0.5) is 0 Å². The number of nitrogens with two attached hydrogens (primary N) is 1. The van der Waals surface area contributed by atoms with Gasteiger partial charge in [-0.05, 0) is 19.3 Å². The zero-order valence-corrected chi connectivity index (χ0v) is 8.15. The fourth-order valence-electron chi connectivity index (χ4n) is 1.39. The molecule has 0 saturated carbocycles. The van der Waals surface area contributed by atoms with Crippen molar-refractivity contribution >= 4 is 5.97 Å². The van der Waals surface area contributed by atoms with E-state index < -0.39 is 12.0 Å². The Kier molecular flexibility index (Phi) is 4.86. The van der Waals surface area contributed by atoms with Crippen LogP contribution in [0.25, 0.3) is 0 Å². The van der Waals surface area contributed by atoms with Gasteiger partial charge in [0.05, 0.1) is 19.3 Å². The van der Waals surface area contributed by atoms with Crippen LogP contribution >= 0.6 is 0 Å². The summed E-state index contributed by atoms with van der Waals surface area (Å²) in [4.78, 5) is 10.4. The van der Waals surface area contributed by atoms with Crippen molar-refractivity contribution in [1.82, 2.24) is 0 Å². The standard InChI is InChI=1S/C9H17NO4/c10-8(9(11)12)2-1-7-3-4-13-5-6-14-7/h7-8H,1-6,10H2,(H,11,12). The van der Waals surface area contributed by atoms with E-state index in [1.807, 2.05) is 0 Å². The number of aliphatic carboxylic acids is 1. The topological polar surface area (TPSA) is 81.8 Å². The van der Waals surface area contributed by atoms with E-state index in [0.717, 1.165) is 6.42 Å². The first-order valence-corrected chi connectivity index (χ1v) is 4.88. The molecule has 5 nitrogen and oxygen atoms in total. The second kappa shape index (κ2) is 5.95. The third-order valence-corrected chi connectivity index (χ3v) is 2.28. The monoisotopic (exact) mass is 203 g/mol. The second-order valence-electron chi connectivity index (χ2n) is 3.42. The van der Waals surface area contributed by atoms with Crippen LogP contribution in [0, 0.1) is 0 Å². The molecule has 0 amide bonds. The lowest BCUT2D eigenvalue weighted by Crippen LogP contribution is -2.31. The van der Waals surface area contributed by atoms with Crippen molar-refractivity contribution in [2.24, 2.45) is 5.73 Å². The van der Waals surface area contributed by atoms with Crippen LogP contribution in [0.1, 0.15) is 19.3 Å². The van der Waals surface area contributed by atoms with Crippen LogP contribution in [0.2, 0.25) is 0 Å². The van der Waals surface area contributed by atoms with Crippen molar-refractivity contribution in [3.63, 3.8) is 0 Å². The van der Waals surface area contributed by atoms with Crippen molar-refractivity contribution in [2.75, 3.05) is 19.8 Å². The van der Waals surface area contributed by atoms with Gasteiger partial charge in [-0.15, -0.1) is 0 Å². The van der Waals surface area contributed by atoms with Gasteiger partial charge >= 0.3 is 5.97 Å². The molecule has 2 unspecified atom stereocenters. The van der Waals surface area contributed by atoms with Crippen LogP contribution < -0.4 is 5.73 Å². The van der Waals surface area contributed by atoms with Gasteiger partial charge in [0.25, 0.3) is 0 Å². The summed E-state index contributed by atoms with van der Waals surface area (Å²) < 4.78 is 10.7. The molecule has 3 N–H and O–H groups in total. The first-order valence-electron chi connectivity index (χ1n) is 4.88. The molecule has 1 aliphatic rings. The molecule has 1 saturated heterocycles. The van der Waals surface area contributed by atoms with E-state index in [1.165, 1.54) is 0 Å². The maximum Gasteiger partial charge on any atom is 0.320 e. The lowest BCUT2D eigenvalue weighted by atomic mass is 10.1. The second-order valence-corrected chi connectivity index (χ2v) is 3.42. The molecule has 0 bridgehead atoms. The summed E-state index contributed by atoms with van der Waals surface area (Å²) in [5.74, 6) is -0.949. The average Bonchev–Trinajstić information content (AvgIpc) is 2.42. The molecule has 5 heteroatoms. The Morgan fingerprint density at radius 1 is 1.50 bits per heavy atom.